The molecule has 1 N–H and O–H groups in total. The number of ether oxygens (including phenoxy) is 3. The van der Waals surface area contributed by atoms with E-state index in [-0.39, 0.29) is 12.4 Å². The number of carbonyl (C=O) groups is 2. The SMILES string of the molecule is CCOc1nc(C)c(-c2cccc(CC(=O)OC)c2)cc1NC(=O)OC(C)(C)C. The number of pyridine rings is 1. The number of aryl methyl sites for hydroxylation is 1. The van der Waals surface area contributed by atoms with E-state index in [1.165, 1.54) is 7.11 Å². The molecular formula is C22H28N2O5. The Labute approximate surface area is 171 Å². The van der Waals surface area contributed by atoms with Crippen LogP contribution in [0.25, 0.3) is 11.1 Å². The quantitative estimate of drug-likeness (QED) is 0.718. The number of amides is 1. The smallest absolute Gasteiger partial charge is 0.412 e. The minimum atomic E-state index is -0.626. The minimum absolute atomic E-state index is 0.177. The van der Waals surface area contributed by atoms with Crippen LogP contribution in [-0.2, 0) is 20.7 Å². The highest BCUT2D eigenvalue weighted by Crippen LogP contribution is 2.32. The Morgan fingerprint density at radius 1 is 1.17 bits per heavy atom. The van der Waals surface area contributed by atoms with Crippen molar-refractivity contribution in [2.45, 2.75) is 46.6 Å². The summed E-state index contributed by atoms with van der Waals surface area (Å²) in [5, 5.41) is 2.72. The maximum absolute atomic E-state index is 12.3. The second kappa shape index (κ2) is 9.41. The Morgan fingerprint density at radius 3 is 2.52 bits per heavy atom. The molecule has 2 aromatic rings. The van der Waals surface area contributed by atoms with Crippen LogP contribution in [0.1, 0.15) is 39.0 Å². The van der Waals surface area contributed by atoms with Crippen molar-refractivity contribution in [1.82, 2.24) is 4.98 Å². The van der Waals surface area contributed by atoms with Crippen LogP contribution < -0.4 is 10.1 Å². The first-order valence-electron chi connectivity index (χ1n) is 9.43. The Morgan fingerprint density at radius 2 is 1.90 bits per heavy atom. The van der Waals surface area contributed by atoms with Gasteiger partial charge in [0.25, 0.3) is 0 Å². The third kappa shape index (κ3) is 6.48. The van der Waals surface area contributed by atoms with Crippen molar-refractivity contribution < 1.29 is 23.8 Å². The lowest BCUT2D eigenvalue weighted by Crippen LogP contribution is -2.27. The van der Waals surface area contributed by atoms with Gasteiger partial charge in [-0.15, -0.1) is 0 Å². The van der Waals surface area contributed by atoms with E-state index in [9.17, 15) is 9.59 Å². The second-order valence-electron chi connectivity index (χ2n) is 7.49. The number of carbonyl (C=O) groups excluding carboxylic acids is 2. The highest BCUT2D eigenvalue weighted by Gasteiger charge is 2.19. The minimum Gasteiger partial charge on any atom is -0.476 e. The zero-order valence-corrected chi connectivity index (χ0v) is 17.8. The summed E-state index contributed by atoms with van der Waals surface area (Å²) < 4.78 is 15.7. The van der Waals surface area contributed by atoms with Gasteiger partial charge in [0.2, 0.25) is 5.88 Å². The van der Waals surface area contributed by atoms with E-state index < -0.39 is 11.7 Å². The van der Waals surface area contributed by atoms with Gasteiger partial charge in [0.15, 0.2) is 0 Å². The fraction of sp³-hybridized carbons (Fsp3) is 0.409. The molecule has 0 saturated carbocycles. The Bertz CT molecular complexity index is 887. The topological polar surface area (TPSA) is 86.8 Å². The van der Waals surface area contributed by atoms with E-state index >= 15 is 0 Å². The summed E-state index contributed by atoms with van der Waals surface area (Å²) in [6.07, 6.45) is -0.411. The summed E-state index contributed by atoms with van der Waals surface area (Å²) in [4.78, 5) is 28.4. The molecule has 1 heterocycles. The van der Waals surface area contributed by atoms with E-state index in [4.69, 9.17) is 14.2 Å². The molecule has 7 heteroatoms. The maximum atomic E-state index is 12.3. The number of esters is 1. The van der Waals surface area contributed by atoms with Gasteiger partial charge in [-0.2, -0.15) is 0 Å². The predicted octanol–water partition coefficient (Wildman–Crippen LogP) is 4.52. The number of aromatic nitrogens is 1. The van der Waals surface area contributed by atoms with Crippen LogP contribution in [0.15, 0.2) is 30.3 Å². The first-order valence-corrected chi connectivity index (χ1v) is 9.43. The fourth-order valence-corrected chi connectivity index (χ4v) is 2.71. The molecule has 0 fully saturated rings. The molecule has 0 atom stereocenters. The summed E-state index contributed by atoms with van der Waals surface area (Å²) >= 11 is 0. The molecule has 1 aromatic heterocycles. The molecule has 0 unspecified atom stereocenters. The van der Waals surface area contributed by atoms with Crippen LogP contribution in [0.3, 0.4) is 0 Å². The van der Waals surface area contributed by atoms with Crippen molar-refractivity contribution >= 4 is 17.7 Å². The summed E-state index contributed by atoms with van der Waals surface area (Å²) in [6, 6.07) is 9.34. The average Bonchev–Trinajstić information content (AvgIpc) is 2.62. The van der Waals surface area contributed by atoms with Gasteiger partial charge in [0.1, 0.15) is 11.3 Å². The van der Waals surface area contributed by atoms with E-state index in [1.54, 1.807) is 26.8 Å². The third-order valence-corrected chi connectivity index (χ3v) is 3.91. The van der Waals surface area contributed by atoms with Gasteiger partial charge in [0, 0.05) is 11.3 Å². The molecule has 0 bridgehead atoms. The molecule has 0 aliphatic carbocycles. The number of methoxy groups -OCH3 is 1. The van der Waals surface area contributed by atoms with Crippen molar-refractivity contribution in [2.24, 2.45) is 0 Å². The molecule has 2 rings (SSSR count). The summed E-state index contributed by atoms with van der Waals surface area (Å²) in [6.45, 7) is 9.49. The summed E-state index contributed by atoms with van der Waals surface area (Å²) in [7, 11) is 1.36. The Balaban J connectivity index is 2.41. The lowest BCUT2D eigenvalue weighted by molar-refractivity contribution is -0.139. The third-order valence-electron chi connectivity index (χ3n) is 3.91. The first kappa shape index (κ1) is 22.2. The summed E-state index contributed by atoms with van der Waals surface area (Å²) in [5.74, 6) is 0.0151. The van der Waals surface area contributed by atoms with Crippen LogP contribution in [0.4, 0.5) is 10.5 Å². The number of benzene rings is 1. The first-order chi connectivity index (χ1) is 13.6. The lowest BCUT2D eigenvalue weighted by Gasteiger charge is -2.21. The van der Waals surface area contributed by atoms with Crippen LogP contribution in [0, 0.1) is 6.92 Å². The molecule has 1 aromatic carbocycles. The number of anilines is 1. The molecule has 156 valence electrons. The zero-order valence-electron chi connectivity index (χ0n) is 17.8. The van der Waals surface area contributed by atoms with E-state index in [0.717, 1.165) is 22.4 Å². The molecule has 0 aliphatic heterocycles. The van der Waals surface area contributed by atoms with Gasteiger partial charge in [0.05, 0.1) is 20.1 Å². The van der Waals surface area contributed by atoms with Gasteiger partial charge in [-0.25, -0.2) is 9.78 Å². The second-order valence-corrected chi connectivity index (χ2v) is 7.49. The Kier molecular flexibility index (Phi) is 7.20. The fourth-order valence-electron chi connectivity index (χ4n) is 2.71. The van der Waals surface area contributed by atoms with E-state index in [0.29, 0.717) is 18.2 Å². The molecule has 0 aliphatic rings. The largest absolute Gasteiger partial charge is 0.476 e. The zero-order chi connectivity index (χ0) is 21.6. The van der Waals surface area contributed by atoms with Crippen LogP contribution in [-0.4, -0.2) is 36.4 Å². The van der Waals surface area contributed by atoms with Gasteiger partial charge >= 0.3 is 12.1 Å². The molecule has 0 saturated heterocycles. The van der Waals surface area contributed by atoms with Gasteiger partial charge in [-0.05, 0) is 51.8 Å². The average molecular weight is 400 g/mol. The van der Waals surface area contributed by atoms with E-state index in [1.807, 2.05) is 38.1 Å². The van der Waals surface area contributed by atoms with Crippen LogP contribution in [0.5, 0.6) is 5.88 Å². The lowest BCUT2D eigenvalue weighted by atomic mass is 10.0. The molecule has 0 spiro atoms. The monoisotopic (exact) mass is 400 g/mol. The summed E-state index contributed by atoms with van der Waals surface area (Å²) in [5.41, 5.74) is 3.03. The van der Waals surface area contributed by atoms with Gasteiger partial charge in [-0.3, -0.25) is 10.1 Å². The number of hydrogen-bond donors (Lipinski definition) is 1. The predicted molar refractivity (Wildman–Crippen MR) is 111 cm³/mol. The van der Waals surface area contributed by atoms with Crippen molar-refractivity contribution in [3.8, 4) is 17.0 Å². The van der Waals surface area contributed by atoms with E-state index in [2.05, 4.69) is 10.3 Å². The maximum Gasteiger partial charge on any atom is 0.412 e. The van der Waals surface area contributed by atoms with Gasteiger partial charge in [-0.1, -0.05) is 24.3 Å². The van der Waals surface area contributed by atoms with Crippen molar-refractivity contribution in [3.05, 3.63) is 41.6 Å². The molecule has 7 nitrogen and oxygen atoms in total. The highest BCUT2D eigenvalue weighted by atomic mass is 16.6. The molecule has 29 heavy (non-hydrogen) atoms. The number of rotatable bonds is 6. The van der Waals surface area contributed by atoms with Crippen LogP contribution >= 0.6 is 0 Å². The van der Waals surface area contributed by atoms with Crippen molar-refractivity contribution in [3.63, 3.8) is 0 Å². The number of nitrogens with zero attached hydrogens (tertiary/aromatic N) is 1. The normalized spacial score (nSPS) is 11.0. The van der Waals surface area contributed by atoms with Crippen LogP contribution in [0.2, 0.25) is 0 Å². The number of nitrogens with one attached hydrogen (secondary N) is 1. The standard InChI is InChI=1S/C22H28N2O5/c1-7-28-20-18(24-21(26)29-22(3,4)5)13-17(14(2)23-20)16-10-8-9-15(11-16)12-19(25)27-6/h8-11,13H,7,12H2,1-6H3,(H,24,26). The van der Waals surface area contributed by atoms with Gasteiger partial charge < -0.3 is 14.2 Å². The molecular weight excluding hydrogens is 372 g/mol. The Hall–Kier alpha value is -3.09. The molecule has 1 amide bonds. The van der Waals surface area contributed by atoms with Crippen molar-refractivity contribution in [2.75, 3.05) is 19.0 Å². The highest BCUT2D eigenvalue weighted by molar-refractivity contribution is 5.88. The molecule has 0 radical (unpaired) electrons. The number of hydrogen-bond acceptors (Lipinski definition) is 6. The van der Waals surface area contributed by atoms with Crippen molar-refractivity contribution in [1.29, 1.82) is 0 Å².